The molecule has 2 aliphatic rings. The van der Waals surface area contributed by atoms with Crippen LogP contribution in [0.1, 0.15) is 18.4 Å². The highest BCUT2D eigenvalue weighted by Crippen LogP contribution is 2.33. The molecule has 1 aromatic carbocycles. The predicted molar refractivity (Wildman–Crippen MR) is 88.2 cm³/mol. The van der Waals surface area contributed by atoms with Crippen LogP contribution in [0, 0.1) is 5.92 Å². The van der Waals surface area contributed by atoms with Gasteiger partial charge in [-0.05, 0) is 30.5 Å². The van der Waals surface area contributed by atoms with Gasteiger partial charge in [-0.2, -0.15) is 0 Å². The number of amides is 1. The summed E-state index contributed by atoms with van der Waals surface area (Å²) in [6, 6.07) is 5.66. The average molecular weight is 354 g/mol. The van der Waals surface area contributed by atoms with Gasteiger partial charge in [0, 0.05) is 32.6 Å². The van der Waals surface area contributed by atoms with E-state index in [1.165, 1.54) is 10.6 Å². The molecule has 1 aromatic rings. The number of fused-ring (bicyclic) bond motifs is 1. The van der Waals surface area contributed by atoms with E-state index < -0.39 is 10.0 Å². The molecule has 0 atom stereocenters. The van der Waals surface area contributed by atoms with E-state index in [1.54, 1.807) is 11.9 Å². The highest BCUT2D eigenvalue weighted by molar-refractivity contribution is 7.88. The third kappa shape index (κ3) is 3.64. The number of carbonyl (C=O) groups is 1. The first-order chi connectivity index (χ1) is 11.3. The van der Waals surface area contributed by atoms with Gasteiger partial charge in [0.25, 0.3) is 0 Å². The summed E-state index contributed by atoms with van der Waals surface area (Å²) in [4.78, 5) is 14.3. The van der Waals surface area contributed by atoms with Crippen LogP contribution in [0.3, 0.4) is 0 Å². The van der Waals surface area contributed by atoms with Crippen LogP contribution in [0.4, 0.5) is 0 Å². The van der Waals surface area contributed by atoms with Crippen molar-refractivity contribution in [3.63, 3.8) is 0 Å². The van der Waals surface area contributed by atoms with E-state index >= 15 is 0 Å². The molecule has 0 spiro atoms. The van der Waals surface area contributed by atoms with Gasteiger partial charge >= 0.3 is 0 Å². The molecule has 0 bridgehead atoms. The van der Waals surface area contributed by atoms with Gasteiger partial charge in [-0.15, -0.1) is 0 Å². The summed E-state index contributed by atoms with van der Waals surface area (Å²) in [6.45, 7) is 1.54. The van der Waals surface area contributed by atoms with E-state index in [4.69, 9.17) is 9.47 Å². The topological polar surface area (TPSA) is 76.2 Å². The quantitative estimate of drug-likeness (QED) is 0.808. The first kappa shape index (κ1) is 17.0. The van der Waals surface area contributed by atoms with Crippen molar-refractivity contribution in [2.45, 2.75) is 19.4 Å². The molecule has 0 N–H and O–H groups in total. The third-order valence-electron chi connectivity index (χ3n) is 4.51. The van der Waals surface area contributed by atoms with Gasteiger partial charge in [-0.3, -0.25) is 4.79 Å². The number of sulfonamides is 1. The number of benzene rings is 1. The minimum Gasteiger partial charge on any atom is -0.454 e. The Bertz CT molecular complexity index is 726. The second kappa shape index (κ2) is 6.60. The summed E-state index contributed by atoms with van der Waals surface area (Å²) < 4.78 is 35.2. The van der Waals surface area contributed by atoms with Crippen molar-refractivity contribution < 1.29 is 22.7 Å². The Morgan fingerprint density at radius 2 is 1.92 bits per heavy atom. The standard InChI is InChI=1S/C16H22N2O5S/c1-17(10-12-3-4-14-15(9-12)23-11-22-14)16(19)13-5-7-18(8-6-13)24(2,20)21/h3-4,9,13H,5-8,10-11H2,1-2H3. The number of nitrogens with zero attached hydrogens (tertiary/aromatic N) is 2. The molecular weight excluding hydrogens is 332 g/mol. The van der Waals surface area contributed by atoms with Crippen LogP contribution in [-0.2, 0) is 21.4 Å². The molecule has 0 aromatic heterocycles. The molecule has 0 unspecified atom stereocenters. The van der Waals surface area contributed by atoms with Gasteiger partial charge in [0.1, 0.15) is 0 Å². The zero-order chi connectivity index (χ0) is 17.3. The molecule has 0 radical (unpaired) electrons. The van der Waals surface area contributed by atoms with Gasteiger partial charge in [0.15, 0.2) is 11.5 Å². The molecule has 2 heterocycles. The van der Waals surface area contributed by atoms with E-state index in [2.05, 4.69) is 0 Å². The first-order valence-electron chi connectivity index (χ1n) is 7.93. The zero-order valence-electron chi connectivity index (χ0n) is 13.9. The lowest BCUT2D eigenvalue weighted by Gasteiger charge is -2.31. The van der Waals surface area contributed by atoms with Gasteiger partial charge < -0.3 is 14.4 Å². The van der Waals surface area contributed by atoms with E-state index in [0.29, 0.717) is 38.2 Å². The molecule has 1 saturated heterocycles. The van der Waals surface area contributed by atoms with Crippen molar-refractivity contribution in [1.29, 1.82) is 0 Å². The van der Waals surface area contributed by atoms with E-state index in [1.807, 2.05) is 18.2 Å². The monoisotopic (exact) mass is 354 g/mol. The Morgan fingerprint density at radius 1 is 1.25 bits per heavy atom. The van der Waals surface area contributed by atoms with Crippen molar-refractivity contribution in [2.24, 2.45) is 5.92 Å². The number of ether oxygens (including phenoxy) is 2. The lowest BCUT2D eigenvalue weighted by Crippen LogP contribution is -2.42. The molecule has 0 aliphatic carbocycles. The first-order valence-corrected chi connectivity index (χ1v) is 9.78. The molecule has 1 fully saturated rings. The maximum Gasteiger partial charge on any atom is 0.231 e. The fourth-order valence-corrected chi connectivity index (χ4v) is 4.01. The van der Waals surface area contributed by atoms with E-state index in [-0.39, 0.29) is 18.6 Å². The van der Waals surface area contributed by atoms with Crippen molar-refractivity contribution in [1.82, 2.24) is 9.21 Å². The van der Waals surface area contributed by atoms with Crippen LogP contribution in [0.5, 0.6) is 11.5 Å². The van der Waals surface area contributed by atoms with E-state index in [9.17, 15) is 13.2 Å². The Balaban J connectivity index is 1.57. The number of hydrogen-bond donors (Lipinski definition) is 0. The lowest BCUT2D eigenvalue weighted by molar-refractivity contribution is -0.135. The number of piperidine rings is 1. The normalized spacial score (nSPS) is 18.6. The Kier molecular flexibility index (Phi) is 4.69. The summed E-state index contributed by atoms with van der Waals surface area (Å²) >= 11 is 0. The lowest BCUT2D eigenvalue weighted by atomic mass is 9.96. The summed E-state index contributed by atoms with van der Waals surface area (Å²) in [5.74, 6) is 1.36. The molecule has 2 aliphatic heterocycles. The maximum absolute atomic E-state index is 12.6. The van der Waals surface area contributed by atoms with Crippen LogP contribution in [0.2, 0.25) is 0 Å². The van der Waals surface area contributed by atoms with Gasteiger partial charge in [0.2, 0.25) is 22.7 Å². The number of rotatable bonds is 4. The molecule has 132 valence electrons. The Morgan fingerprint density at radius 3 is 2.58 bits per heavy atom. The Labute approximate surface area is 142 Å². The molecule has 8 heteroatoms. The predicted octanol–water partition coefficient (Wildman–Crippen LogP) is 1.05. The van der Waals surface area contributed by atoms with Crippen LogP contribution in [0.15, 0.2) is 18.2 Å². The van der Waals surface area contributed by atoms with Crippen LogP contribution >= 0.6 is 0 Å². The average Bonchev–Trinajstić information content (AvgIpc) is 3.01. The van der Waals surface area contributed by atoms with Crippen LogP contribution in [0.25, 0.3) is 0 Å². The number of carbonyl (C=O) groups excluding carboxylic acids is 1. The third-order valence-corrected chi connectivity index (χ3v) is 5.81. The molecule has 0 saturated carbocycles. The SMILES string of the molecule is CN(Cc1ccc2c(c1)OCO2)C(=O)C1CCN(S(C)(=O)=O)CC1. The van der Waals surface area contributed by atoms with Gasteiger partial charge in [-0.1, -0.05) is 6.07 Å². The van der Waals surface area contributed by atoms with Gasteiger partial charge in [0.05, 0.1) is 6.26 Å². The molecule has 1 amide bonds. The number of hydrogen-bond acceptors (Lipinski definition) is 5. The molecule has 7 nitrogen and oxygen atoms in total. The summed E-state index contributed by atoms with van der Waals surface area (Å²) in [7, 11) is -1.39. The molecule has 24 heavy (non-hydrogen) atoms. The fourth-order valence-electron chi connectivity index (χ4n) is 3.14. The summed E-state index contributed by atoms with van der Waals surface area (Å²) in [5.41, 5.74) is 0.976. The van der Waals surface area contributed by atoms with Gasteiger partial charge in [-0.25, -0.2) is 12.7 Å². The van der Waals surface area contributed by atoms with Crippen molar-refractivity contribution in [3.8, 4) is 11.5 Å². The molecule has 3 rings (SSSR count). The van der Waals surface area contributed by atoms with E-state index in [0.717, 1.165) is 11.3 Å². The minimum atomic E-state index is -3.17. The van der Waals surface area contributed by atoms with Crippen molar-refractivity contribution in [2.75, 3.05) is 33.2 Å². The zero-order valence-corrected chi connectivity index (χ0v) is 14.7. The van der Waals surface area contributed by atoms with Crippen LogP contribution in [-0.4, -0.2) is 56.7 Å². The summed E-state index contributed by atoms with van der Waals surface area (Å²) in [6.07, 6.45) is 2.34. The largest absolute Gasteiger partial charge is 0.454 e. The second-order valence-electron chi connectivity index (χ2n) is 6.32. The van der Waals surface area contributed by atoms with Crippen molar-refractivity contribution in [3.05, 3.63) is 23.8 Å². The highest BCUT2D eigenvalue weighted by atomic mass is 32.2. The molecular formula is C16H22N2O5S. The maximum atomic E-state index is 12.6. The fraction of sp³-hybridized carbons (Fsp3) is 0.562. The minimum absolute atomic E-state index is 0.0563. The second-order valence-corrected chi connectivity index (χ2v) is 8.30. The van der Waals surface area contributed by atoms with Crippen molar-refractivity contribution >= 4 is 15.9 Å². The van der Waals surface area contributed by atoms with Crippen LogP contribution < -0.4 is 9.47 Å². The summed E-state index contributed by atoms with van der Waals surface area (Å²) in [5, 5.41) is 0. The highest BCUT2D eigenvalue weighted by Gasteiger charge is 2.30. The smallest absolute Gasteiger partial charge is 0.231 e. The Hall–Kier alpha value is -1.80.